The highest BCUT2D eigenvalue weighted by Gasteiger charge is 2.38. The van der Waals surface area contributed by atoms with Gasteiger partial charge in [0.25, 0.3) is 11.8 Å². The van der Waals surface area contributed by atoms with Gasteiger partial charge in [0, 0.05) is 12.6 Å². The number of hydrogen-bond acceptors (Lipinski definition) is 4. The molecule has 2 rings (SSSR count). The number of imide groups is 3. The fourth-order valence-corrected chi connectivity index (χ4v) is 1.54. The fraction of sp³-hybridized carbons (Fsp3) is 0.100. The quantitative estimate of drug-likeness (QED) is 0.490. The van der Waals surface area contributed by atoms with E-state index < -0.39 is 17.7 Å². The highest BCUT2D eigenvalue weighted by molar-refractivity contribution is 6.28. The van der Waals surface area contributed by atoms with Crippen LogP contribution in [0, 0.1) is 0 Å². The number of benzene rings is 1. The molecule has 0 radical (unpaired) electrons. The molecule has 0 aliphatic carbocycles. The summed E-state index contributed by atoms with van der Waals surface area (Å²) >= 11 is 0. The lowest BCUT2D eigenvalue weighted by molar-refractivity contribution is -0.124. The molecule has 1 heterocycles. The molecule has 0 bridgehead atoms. The Balaban J connectivity index is 2.60. The number of nitrogens with two attached hydrogens (primary N) is 1. The Hall–Kier alpha value is -2.17. The van der Waals surface area contributed by atoms with Crippen LogP contribution in [-0.4, -0.2) is 22.6 Å². The molecule has 0 saturated carbocycles. The van der Waals surface area contributed by atoms with Crippen LogP contribution in [0.15, 0.2) is 18.2 Å². The summed E-state index contributed by atoms with van der Waals surface area (Å²) in [5.74, 6) is -1.77. The number of amides is 3. The summed E-state index contributed by atoms with van der Waals surface area (Å²) in [6.07, 6.45) is 0. The zero-order chi connectivity index (χ0) is 11.2. The fourth-order valence-electron chi connectivity index (χ4n) is 1.54. The smallest absolute Gasteiger partial charge is 0.268 e. The molecule has 0 atom stereocenters. The molecular weight excluding hydrogens is 196 g/mol. The van der Waals surface area contributed by atoms with Crippen molar-refractivity contribution in [3.05, 3.63) is 29.3 Å². The van der Waals surface area contributed by atoms with Crippen molar-refractivity contribution in [3.63, 3.8) is 0 Å². The first-order valence-corrected chi connectivity index (χ1v) is 4.31. The van der Waals surface area contributed by atoms with Gasteiger partial charge in [-0.3, -0.25) is 14.4 Å². The molecular formula is C10H8N2O3. The van der Waals surface area contributed by atoms with Crippen molar-refractivity contribution in [2.45, 2.75) is 6.92 Å². The average molecular weight is 204 g/mol. The summed E-state index contributed by atoms with van der Waals surface area (Å²) in [6.45, 7) is 1.17. The molecule has 15 heavy (non-hydrogen) atoms. The number of anilines is 1. The van der Waals surface area contributed by atoms with E-state index in [2.05, 4.69) is 0 Å². The standard InChI is InChI=1S/C10H8N2O3/c1-5(13)12-9(14)7-3-2-6(11)4-8(7)10(12)15/h2-4H,11H2,1H3. The molecule has 2 N–H and O–H groups in total. The van der Waals surface area contributed by atoms with Crippen LogP contribution >= 0.6 is 0 Å². The topological polar surface area (TPSA) is 80.5 Å². The summed E-state index contributed by atoms with van der Waals surface area (Å²) in [6, 6.07) is 4.37. The Kier molecular flexibility index (Phi) is 1.82. The second kappa shape index (κ2) is 2.91. The molecule has 1 aromatic carbocycles. The number of hydrogen-bond donors (Lipinski definition) is 1. The van der Waals surface area contributed by atoms with Crippen LogP contribution in [0.4, 0.5) is 5.69 Å². The van der Waals surface area contributed by atoms with Gasteiger partial charge < -0.3 is 5.73 Å². The van der Waals surface area contributed by atoms with Crippen LogP contribution in [0.3, 0.4) is 0 Å². The Bertz CT molecular complexity index is 493. The van der Waals surface area contributed by atoms with Crippen molar-refractivity contribution in [1.29, 1.82) is 0 Å². The van der Waals surface area contributed by atoms with Gasteiger partial charge in [-0.15, -0.1) is 0 Å². The van der Waals surface area contributed by atoms with E-state index in [0.29, 0.717) is 10.6 Å². The van der Waals surface area contributed by atoms with Gasteiger partial charge in [0.2, 0.25) is 5.91 Å². The maximum atomic E-state index is 11.6. The third kappa shape index (κ3) is 1.20. The molecule has 1 aliphatic rings. The summed E-state index contributed by atoms with van der Waals surface area (Å²) in [4.78, 5) is 34.9. The van der Waals surface area contributed by atoms with Crippen LogP contribution in [0.5, 0.6) is 0 Å². The van der Waals surface area contributed by atoms with E-state index in [-0.39, 0.29) is 11.1 Å². The van der Waals surface area contributed by atoms with Crippen molar-refractivity contribution in [3.8, 4) is 0 Å². The van der Waals surface area contributed by atoms with E-state index in [4.69, 9.17) is 5.73 Å². The minimum absolute atomic E-state index is 0.190. The van der Waals surface area contributed by atoms with Crippen LogP contribution < -0.4 is 5.73 Å². The van der Waals surface area contributed by atoms with Crippen molar-refractivity contribution in [2.24, 2.45) is 0 Å². The molecule has 1 aliphatic heterocycles. The van der Waals surface area contributed by atoms with Crippen molar-refractivity contribution >= 4 is 23.4 Å². The lowest BCUT2D eigenvalue weighted by Gasteiger charge is -2.06. The third-order valence-electron chi connectivity index (χ3n) is 2.23. The molecule has 0 unspecified atom stereocenters. The van der Waals surface area contributed by atoms with E-state index in [1.54, 1.807) is 0 Å². The Morgan fingerprint density at radius 1 is 1.20 bits per heavy atom. The predicted octanol–water partition coefficient (Wildman–Crippen LogP) is 0.411. The Morgan fingerprint density at radius 3 is 2.40 bits per heavy atom. The number of rotatable bonds is 0. The maximum Gasteiger partial charge on any atom is 0.268 e. The van der Waals surface area contributed by atoms with Gasteiger partial charge in [0.1, 0.15) is 0 Å². The molecule has 1 aromatic rings. The number of nitrogens with zero attached hydrogens (tertiary/aromatic N) is 1. The molecule has 0 fully saturated rings. The zero-order valence-electron chi connectivity index (χ0n) is 7.98. The summed E-state index contributed by atoms with van der Waals surface area (Å²) in [7, 11) is 0. The van der Waals surface area contributed by atoms with Gasteiger partial charge >= 0.3 is 0 Å². The summed E-state index contributed by atoms with van der Waals surface area (Å²) in [5.41, 5.74) is 6.30. The van der Waals surface area contributed by atoms with Gasteiger partial charge in [-0.25, -0.2) is 4.90 Å². The number of carbonyl (C=O) groups excluding carboxylic acids is 3. The minimum atomic E-state index is -0.602. The van der Waals surface area contributed by atoms with Crippen LogP contribution in [0.1, 0.15) is 27.6 Å². The zero-order valence-corrected chi connectivity index (χ0v) is 7.98. The summed E-state index contributed by atoms with van der Waals surface area (Å²) < 4.78 is 0. The van der Waals surface area contributed by atoms with Gasteiger partial charge in [-0.05, 0) is 18.2 Å². The second-order valence-corrected chi connectivity index (χ2v) is 3.27. The molecule has 0 saturated heterocycles. The molecule has 5 nitrogen and oxygen atoms in total. The summed E-state index contributed by atoms with van der Waals surface area (Å²) in [5, 5.41) is 0. The van der Waals surface area contributed by atoms with E-state index in [0.717, 1.165) is 0 Å². The molecule has 5 heteroatoms. The minimum Gasteiger partial charge on any atom is -0.399 e. The second-order valence-electron chi connectivity index (χ2n) is 3.27. The van der Waals surface area contributed by atoms with E-state index in [1.165, 1.54) is 25.1 Å². The third-order valence-corrected chi connectivity index (χ3v) is 2.23. The highest BCUT2D eigenvalue weighted by Crippen LogP contribution is 2.24. The van der Waals surface area contributed by atoms with Crippen LogP contribution in [0.2, 0.25) is 0 Å². The molecule has 3 amide bonds. The molecule has 0 spiro atoms. The Labute approximate surface area is 85.5 Å². The monoisotopic (exact) mass is 204 g/mol. The van der Waals surface area contributed by atoms with Gasteiger partial charge in [0.05, 0.1) is 11.1 Å². The van der Waals surface area contributed by atoms with Crippen molar-refractivity contribution in [1.82, 2.24) is 4.90 Å². The number of fused-ring (bicyclic) bond motifs is 1. The van der Waals surface area contributed by atoms with Crippen molar-refractivity contribution in [2.75, 3.05) is 5.73 Å². The predicted molar refractivity (Wildman–Crippen MR) is 52.0 cm³/mol. The lowest BCUT2D eigenvalue weighted by atomic mass is 10.1. The number of carbonyl (C=O) groups is 3. The van der Waals surface area contributed by atoms with Crippen LogP contribution in [-0.2, 0) is 4.79 Å². The first kappa shape index (κ1) is 9.39. The van der Waals surface area contributed by atoms with Crippen molar-refractivity contribution < 1.29 is 14.4 Å². The molecule has 0 aromatic heterocycles. The number of nitrogen functional groups attached to an aromatic ring is 1. The largest absolute Gasteiger partial charge is 0.399 e. The lowest BCUT2D eigenvalue weighted by Crippen LogP contribution is -2.33. The van der Waals surface area contributed by atoms with E-state index >= 15 is 0 Å². The highest BCUT2D eigenvalue weighted by atomic mass is 16.2. The van der Waals surface area contributed by atoms with Gasteiger partial charge in [-0.1, -0.05) is 0 Å². The molecule has 76 valence electrons. The first-order valence-electron chi connectivity index (χ1n) is 4.31. The van der Waals surface area contributed by atoms with E-state index in [1.807, 2.05) is 0 Å². The normalized spacial score (nSPS) is 14.3. The average Bonchev–Trinajstić information content (AvgIpc) is 2.39. The first-order chi connectivity index (χ1) is 7.02. The van der Waals surface area contributed by atoms with E-state index in [9.17, 15) is 14.4 Å². The maximum absolute atomic E-state index is 11.6. The van der Waals surface area contributed by atoms with Gasteiger partial charge in [-0.2, -0.15) is 0 Å². The van der Waals surface area contributed by atoms with Crippen LogP contribution in [0.25, 0.3) is 0 Å². The van der Waals surface area contributed by atoms with Gasteiger partial charge in [0.15, 0.2) is 0 Å². The Morgan fingerprint density at radius 2 is 1.80 bits per heavy atom. The SMILES string of the molecule is CC(=O)N1C(=O)c2ccc(N)cc2C1=O.